The van der Waals surface area contributed by atoms with Crippen LogP contribution < -0.4 is 9.62 Å². The standard InChI is InChI=1S/C19H24N2O3S/c1-14-6-5-7-18(13-14)25(23,24)20-10-11-21(17(4)22)19-9-8-15(2)12-16(19)3/h5-9,12-13,20H,10-11H2,1-4H3. The molecule has 0 saturated carbocycles. The van der Waals surface area contributed by atoms with Crippen molar-refractivity contribution in [2.45, 2.75) is 32.6 Å². The molecule has 0 unspecified atom stereocenters. The van der Waals surface area contributed by atoms with Gasteiger partial charge in [0.05, 0.1) is 4.90 Å². The van der Waals surface area contributed by atoms with E-state index in [0.29, 0.717) is 0 Å². The highest BCUT2D eigenvalue weighted by Gasteiger charge is 2.17. The fourth-order valence-corrected chi connectivity index (χ4v) is 3.84. The number of anilines is 1. The lowest BCUT2D eigenvalue weighted by Gasteiger charge is -2.23. The molecular formula is C19H24N2O3S. The van der Waals surface area contributed by atoms with Crippen molar-refractivity contribution in [1.82, 2.24) is 4.72 Å². The van der Waals surface area contributed by atoms with Gasteiger partial charge in [0, 0.05) is 25.7 Å². The van der Waals surface area contributed by atoms with Crippen LogP contribution in [0.25, 0.3) is 0 Å². The van der Waals surface area contributed by atoms with Gasteiger partial charge in [-0.1, -0.05) is 29.8 Å². The molecule has 0 atom stereocenters. The second kappa shape index (κ2) is 7.80. The summed E-state index contributed by atoms with van der Waals surface area (Å²) < 4.78 is 27.3. The van der Waals surface area contributed by atoms with Crippen molar-refractivity contribution in [3.63, 3.8) is 0 Å². The molecule has 1 N–H and O–H groups in total. The Balaban J connectivity index is 2.11. The van der Waals surface area contributed by atoms with Gasteiger partial charge in [-0.2, -0.15) is 0 Å². The van der Waals surface area contributed by atoms with E-state index in [0.717, 1.165) is 22.4 Å². The van der Waals surface area contributed by atoms with Gasteiger partial charge in [-0.3, -0.25) is 4.79 Å². The summed E-state index contributed by atoms with van der Waals surface area (Å²) >= 11 is 0. The molecule has 0 bridgehead atoms. The molecule has 6 heteroatoms. The molecule has 25 heavy (non-hydrogen) atoms. The molecule has 5 nitrogen and oxygen atoms in total. The Morgan fingerprint density at radius 3 is 2.32 bits per heavy atom. The normalized spacial score (nSPS) is 11.4. The van der Waals surface area contributed by atoms with Crippen LogP contribution in [0.5, 0.6) is 0 Å². The topological polar surface area (TPSA) is 66.5 Å². The highest BCUT2D eigenvalue weighted by atomic mass is 32.2. The second-order valence-corrected chi connectivity index (χ2v) is 7.94. The van der Waals surface area contributed by atoms with Crippen LogP contribution in [0, 0.1) is 20.8 Å². The summed E-state index contributed by atoms with van der Waals surface area (Å²) in [7, 11) is -3.59. The fourth-order valence-electron chi connectivity index (χ4n) is 2.71. The van der Waals surface area contributed by atoms with Crippen molar-refractivity contribution < 1.29 is 13.2 Å². The quantitative estimate of drug-likeness (QED) is 0.861. The molecule has 0 spiro atoms. The van der Waals surface area contributed by atoms with E-state index in [1.807, 2.05) is 45.0 Å². The number of amides is 1. The lowest BCUT2D eigenvalue weighted by atomic mass is 10.1. The highest BCUT2D eigenvalue weighted by molar-refractivity contribution is 7.89. The molecule has 1 amide bonds. The van der Waals surface area contributed by atoms with Gasteiger partial charge in [0.25, 0.3) is 0 Å². The molecule has 0 fully saturated rings. The maximum atomic E-state index is 12.4. The predicted molar refractivity (Wildman–Crippen MR) is 100 cm³/mol. The van der Waals surface area contributed by atoms with Crippen LogP contribution >= 0.6 is 0 Å². The number of rotatable bonds is 6. The van der Waals surface area contributed by atoms with Gasteiger partial charge in [0.2, 0.25) is 15.9 Å². The number of hydrogen-bond donors (Lipinski definition) is 1. The van der Waals surface area contributed by atoms with Crippen LogP contribution in [-0.4, -0.2) is 27.4 Å². The van der Waals surface area contributed by atoms with E-state index in [2.05, 4.69) is 4.72 Å². The van der Waals surface area contributed by atoms with Gasteiger partial charge in [-0.05, 0) is 50.1 Å². The zero-order valence-electron chi connectivity index (χ0n) is 15.0. The first-order valence-corrected chi connectivity index (χ1v) is 9.61. The third kappa shape index (κ3) is 4.90. The summed E-state index contributed by atoms with van der Waals surface area (Å²) in [6.45, 7) is 7.67. The lowest BCUT2D eigenvalue weighted by Crippen LogP contribution is -2.37. The minimum Gasteiger partial charge on any atom is -0.311 e. The molecule has 0 aliphatic heterocycles. The number of carbonyl (C=O) groups excluding carboxylic acids is 1. The second-order valence-electron chi connectivity index (χ2n) is 6.17. The van der Waals surface area contributed by atoms with Crippen LogP contribution in [0.3, 0.4) is 0 Å². The number of nitrogens with one attached hydrogen (secondary N) is 1. The van der Waals surface area contributed by atoms with E-state index in [-0.39, 0.29) is 23.9 Å². The van der Waals surface area contributed by atoms with Crippen molar-refractivity contribution in [1.29, 1.82) is 0 Å². The van der Waals surface area contributed by atoms with Crippen LogP contribution in [-0.2, 0) is 14.8 Å². The number of hydrogen-bond acceptors (Lipinski definition) is 3. The molecule has 2 aromatic rings. The largest absolute Gasteiger partial charge is 0.311 e. The molecule has 134 valence electrons. The van der Waals surface area contributed by atoms with Crippen molar-refractivity contribution in [2.24, 2.45) is 0 Å². The van der Waals surface area contributed by atoms with E-state index in [1.54, 1.807) is 23.1 Å². The van der Waals surface area contributed by atoms with E-state index in [9.17, 15) is 13.2 Å². The van der Waals surface area contributed by atoms with Gasteiger partial charge >= 0.3 is 0 Å². The van der Waals surface area contributed by atoms with Gasteiger partial charge < -0.3 is 4.90 Å². The average molecular weight is 360 g/mol. The Kier molecular flexibility index (Phi) is 5.98. The molecule has 0 aliphatic rings. The molecule has 2 aromatic carbocycles. The lowest BCUT2D eigenvalue weighted by molar-refractivity contribution is -0.116. The van der Waals surface area contributed by atoms with Crippen molar-refractivity contribution in [2.75, 3.05) is 18.0 Å². The van der Waals surface area contributed by atoms with Gasteiger partial charge in [0.15, 0.2) is 0 Å². The van der Waals surface area contributed by atoms with E-state index in [4.69, 9.17) is 0 Å². The maximum absolute atomic E-state index is 12.4. The van der Waals surface area contributed by atoms with Crippen LogP contribution in [0.15, 0.2) is 47.4 Å². The number of nitrogens with zero attached hydrogens (tertiary/aromatic N) is 1. The molecule has 0 aliphatic carbocycles. The highest BCUT2D eigenvalue weighted by Crippen LogP contribution is 2.21. The summed E-state index contributed by atoms with van der Waals surface area (Å²) in [6, 6.07) is 12.6. The summed E-state index contributed by atoms with van der Waals surface area (Å²) in [5.41, 5.74) is 3.78. The summed E-state index contributed by atoms with van der Waals surface area (Å²) in [4.78, 5) is 13.8. The predicted octanol–water partition coefficient (Wildman–Crippen LogP) is 2.94. The molecule has 0 aromatic heterocycles. The Morgan fingerprint density at radius 1 is 1.04 bits per heavy atom. The monoisotopic (exact) mass is 360 g/mol. The first-order valence-electron chi connectivity index (χ1n) is 8.12. The van der Waals surface area contributed by atoms with Crippen LogP contribution in [0.1, 0.15) is 23.6 Å². The van der Waals surface area contributed by atoms with Crippen molar-refractivity contribution >= 4 is 21.6 Å². The van der Waals surface area contributed by atoms with Gasteiger partial charge in [0.1, 0.15) is 0 Å². The summed E-state index contributed by atoms with van der Waals surface area (Å²) in [5, 5.41) is 0. The minimum atomic E-state index is -3.59. The first kappa shape index (κ1) is 19.1. The zero-order valence-corrected chi connectivity index (χ0v) is 15.9. The number of aryl methyl sites for hydroxylation is 3. The van der Waals surface area contributed by atoms with E-state index in [1.165, 1.54) is 6.92 Å². The van der Waals surface area contributed by atoms with Gasteiger partial charge in [-0.15, -0.1) is 0 Å². The number of carbonyl (C=O) groups is 1. The molecular weight excluding hydrogens is 336 g/mol. The maximum Gasteiger partial charge on any atom is 0.240 e. The Bertz CT molecular complexity index is 876. The van der Waals surface area contributed by atoms with E-state index < -0.39 is 10.0 Å². The Morgan fingerprint density at radius 2 is 1.72 bits per heavy atom. The van der Waals surface area contributed by atoms with Crippen molar-refractivity contribution in [3.8, 4) is 0 Å². The fraction of sp³-hybridized carbons (Fsp3) is 0.316. The van der Waals surface area contributed by atoms with Crippen LogP contribution in [0.2, 0.25) is 0 Å². The van der Waals surface area contributed by atoms with Crippen LogP contribution in [0.4, 0.5) is 5.69 Å². The number of benzene rings is 2. The Labute approximate surface area is 149 Å². The van der Waals surface area contributed by atoms with Gasteiger partial charge in [-0.25, -0.2) is 13.1 Å². The average Bonchev–Trinajstić information content (AvgIpc) is 2.52. The number of sulfonamides is 1. The third-order valence-corrected chi connectivity index (χ3v) is 5.41. The molecule has 0 heterocycles. The SMILES string of the molecule is CC(=O)N(CCNS(=O)(=O)c1cccc(C)c1)c1ccc(C)cc1C. The summed E-state index contributed by atoms with van der Waals surface area (Å²) in [6.07, 6.45) is 0. The molecule has 2 rings (SSSR count). The first-order chi connectivity index (χ1) is 11.7. The minimum absolute atomic E-state index is 0.123. The smallest absolute Gasteiger partial charge is 0.240 e. The summed E-state index contributed by atoms with van der Waals surface area (Å²) in [5.74, 6) is -0.123. The van der Waals surface area contributed by atoms with Crippen molar-refractivity contribution in [3.05, 3.63) is 59.2 Å². The molecule has 0 saturated heterocycles. The zero-order chi connectivity index (χ0) is 18.6. The van der Waals surface area contributed by atoms with E-state index >= 15 is 0 Å². The third-order valence-electron chi connectivity index (χ3n) is 3.95. The molecule has 0 radical (unpaired) electrons. The Hall–Kier alpha value is -2.18.